The molecule has 3 nitrogen and oxygen atoms in total. The first-order chi connectivity index (χ1) is 9.22. The summed E-state index contributed by atoms with van der Waals surface area (Å²) in [6.45, 7) is 2.14. The van der Waals surface area contributed by atoms with Crippen LogP contribution in [0.5, 0.6) is 0 Å². The number of hydrogen-bond donors (Lipinski definition) is 0. The molecule has 0 saturated heterocycles. The standard InChI is InChI=1S/C15H12ClN3/c1-10-8-11-4-2-3-5-13(11)19(10)15-14(16)12(9-17)6-7-18-15/h2-7,10H,8H2,1H3. The van der Waals surface area contributed by atoms with Gasteiger partial charge >= 0.3 is 0 Å². The van der Waals surface area contributed by atoms with Gasteiger partial charge in [-0.25, -0.2) is 4.98 Å². The molecular weight excluding hydrogens is 258 g/mol. The Morgan fingerprint density at radius 2 is 2.16 bits per heavy atom. The molecule has 1 atom stereocenters. The third kappa shape index (κ3) is 1.85. The third-order valence-corrected chi connectivity index (χ3v) is 3.80. The quantitative estimate of drug-likeness (QED) is 0.793. The maximum Gasteiger partial charge on any atom is 0.153 e. The van der Waals surface area contributed by atoms with Crippen LogP contribution in [0, 0.1) is 11.3 Å². The Bertz CT molecular complexity index is 675. The number of aromatic nitrogens is 1. The summed E-state index contributed by atoms with van der Waals surface area (Å²) in [4.78, 5) is 6.47. The molecule has 4 heteroatoms. The Kier molecular flexibility index (Phi) is 2.88. The van der Waals surface area contributed by atoms with Gasteiger partial charge in [0.1, 0.15) is 11.1 Å². The summed E-state index contributed by atoms with van der Waals surface area (Å²) in [6.07, 6.45) is 2.60. The minimum atomic E-state index is 0.288. The van der Waals surface area contributed by atoms with Gasteiger partial charge in [0.15, 0.2) is 5.82 Å². The van der Waals surface area contributed by atoms with Gasteiger partial charge < -0.3 is 4.90 Å². The molecular formula is C15H12ClN3. The zero-order valence-electron chi connectivity index (χ0n) is 10.5. The largest absolute Gasteiger partial charge is 0.322 e. The van der Waals surface area contributed by atoms with E-state index in [-0.39, 0.29) is 6.04 Å². The van der Waals surface area contributed by atoms with Crippen LogP contribution in [-0.2, 0) is 6.42 Å². The van der Waals surface area contributed by atoms with Crippen LogP contribution in [0.25, 0.3) is 0 Å². The normalized spacial score (nSPS) is 17.1. The molecule has 0 fully saturated rings. The number of para-hydroxylation sites is 1. The Hall–Kier alpha value is -2.05. The molecule has 94 valence electrons. The summed E-state index contributed by atoms with van der Waals surface area (Å²) in [6, 6.07) is 12.3. The van der Waals surface area contributed by atoms with Crippen molar-refractivity contribution in [2.75, 3.05) is 4.90 Å². The van der Waals surface area contributed by atoms with Crippen LogP contribution in [-0.4, -0.2) is 11.0 Å². The van der Waals surface area contributed by atoms with Crippen LogP contribution in [0.4, 0.5) is 11.5 Å². The van der Waals surface area contributed by atoms with Crippen molar-refractivity contribution in [2.24, 2.45) is 0 Å². The van der Waals surface area contributed by atoms with E-state index >= 15 is 0 Å². The molecule has 3 rings (SSSR count). The summed E-state index contributed by atoms with van der Waals surface area (Å²) in [5.74, 6) is 0.665. The van der Waals surface area contributed by atoms with Gasteiger partial charge in [-0.15, -0.1) is 0 Å². The second kappa shape index (κ2) is 4.56. The van der Waals surface area contributed by atoms with E-state index in [1.54, 1.807) is 12.3 Å². The van der Waals surface area contributed by atoms with Gasteiger partial charge in [-0.3, -0.25) is 0 Å². The lowest BCUT2D eigenvalue weighted by Crippen LogP contribution is -2.25. The lowest BCUT2D eigenvalue weighted by atomic mass is 10.1. The average molecular weight is 270 g/mol. The highest BCUT2D eigenvalue weighted by atomic mass is 35.5. The van der Waals surface area contributed by atoms with E-state index in [9.17, 15) is 0 Å². The smallest absolute Gasteiger partial charge is 0.153 e. The Morgan fingerprint density at radius 3 is 2.95 bits per heavy atom. The first-order valence-electron chi connectivity index (χ1n) is 6.14. The Balaban J connectivity index is 2.16. The van der Waals surface area contributed by atoms with Gasteiger partial charge in [0.05, 0.1) is 5.56 Å². The van der Waals surface area contributed by atoms with Gasteiger partial charge in [-0.2, -0.15) is 5.26 Å². The van der Waals surface area contributed by atoms with Crippen LogP contribution in [0.1, 0.15) is 18.1 Å². The fourth-order valence-corrected chi connectivity index (χ4v) is 2.82. The number of halogens is 1. The van der Waals surface area contributed by atoms with Gasteiger partial charge in [-0.1, -0.05) is 29.8 Å². The number of fused-ring (bicyclic) bond motifs is 1. The fourth-order valence-electron chi connectivity index (χ4n) is 2.58. The highest BCUT2D eigenvalue weighted by Gasteiger charge is 2.29. The van der Waals surface area contributed by atoms with E-state index in [2.05, 4.69) is 35.0 Å². The van der Waals surface area contributed by atoms with E-state index in [0.29, 0.717) is 16.4 Å². The van der Waals surface area contributed by atoms with Gasteiger partial charge in [0.25, 0.3) is 0 Å². The van der Waals surface area contributed by atoms with E-state index < -0.39 is 0 Å². The van der Waals surface area contributed by atoms with Crippen molar-refractivity contribution in [3.05, 3.63) is 52.7 Å². The maximum absolute atomic E-state index is 9.07. The lowest BCUT2D eigenvalue weighted by molar-refractivity contribution is 0.750. The molecule has 1 aromatic carbocycles. The molecule has 1 aliphatic rings. The molecule has 0 N–H and O–H groups in total. The minimum absolute atomic E-state index is 0.288. The highest BCUT2D eigenvalue weighted by molar-refractivity contribution is 6.34. The van der Waals surface area contributed by atoms with Crippen LogP contribution < -0.4 is 4.90 Å². The zero-order valence-corrected chi connectivity index (χ0v) is 11.2. The SMILES string of the molecule is CC1Cc2ccccc2N1c1nccc(C#N)c1Cl. The third-order valence-electron chi connectivity index (χ3n) is 3.43. The van der Waals surface area contributed by atoms with E-state index in [1.165, 1.54) is 5.56 Å². The van der Waals surface area contributed by atoms with Crippen molar-refractivity contribution in [1.82, 2.24) is 4.98 Å². The number of rotatable bonds is 1. The minimum Gasteiger partial charge on any atom is -0.322 e. The predicted molar refractivity (Wildman–Crippen MR) is 75.7 cm³/mol. The molecule has 0 bridgehead atoms. The van der Waals surface area contributed by atoms with Gasteiger partial charge in [0.2, 0.25) is 0 Å². The molecule has 2 heterocycles. The van der Waals surface area contributed by atoms with Crippen LogP contribution in [0.15, 0.2) is 36.5 Å². The Labute approximate surface area is 117 Å². The van der Waals surface area contributed by atoms with Gasteiger partial charge in [0, 0.05) is 17.9 Å². The average Bonchev–Trinajstić information content (AvgIpc) is 2.75. The first kappa shape index (κ1) is 12.0. The molecule has 1 unspecified atom stereocenters. The summed E-state index contributed by atoms with van der Waals surface area (Å²) < 4.78 is 0. The van der Waals surface area contributed by atoms with Gasteiger partial charge in [-0.05, 0) is 31.0 Å². The zero-order chi connectivity index (χ0) is 13.4. The predicted octanol–water partition coefficient (Wildman–Crippen LogP) is 3.69. The molecule has 2 aromatic rings. The van der Waals surface area contributed by atoms with Crippen molar-refractivity contribution in [2.45, 2.75) is 19.4 Å². The molecule has 0 radical (unpaired) electrons. The summed E-state index contributed by atoms with van der Waals surface area (Å²) >= 11 is 6.29. The molecule has 19 heavy (non-hydrogen) atoms. The van der Waals surface area contributed by atoms with Crippen molar-refractivity contribution in [3.63, 3.8) is 0 Å². The highest BCUT2D eigenvalue weighted by Crippen LogP contribution is 2.40. The fraction of sp³-hybridized carbons (Fsp3) is 0.200. The number of nitriles is 1. The van der Waals surface area contributed by atoms with E-state index in [1.807, 2.05) is 12.1 Å². The maximum atomic E-state index is 9.07. The molecule has 1 aromatic heterocycles. The number of nitrogens with zero attached hydrogens (tertiary/aromatic N) is 3. The van der Waals surface area contributed by atoms with Crippen molar-refractivity contribution in [1.29, 1.82) is 5.26 Å². The van der Waals surface area contributed by atoms with Crippen molar-refractivity contribution in [3.8, 4) is 6.07 Å². The molecule has 0 aliphatic carbocycles. The summed E-state index contributed by atoms with van der Waals surface area (Å²) in [5, 5.41) is 9.49. The Morgan fingerprint density at radius 1 is 1.37 bits per heavy atom. The first-order valence-corrected chi connectivity index (χ1v) is 6.52. The van der Waals surface area contributed by atoms with Crippen molar-refractivity contribution < 1.29 is 0 Å². The topological polar surface area (TPSA) is 39.9 Å². The number of hydrogen-bond acceptors (Lipinski definition) is 3. The van der Waals surface area contributed by atoms with E-state index in [4.69, 9.17) is 16.9 Å². The number of pyridine rings is 1. The van der Waals surface area contributed by atoms with Crippen molar-refractivity contribution >= 4 is 23.1 Å². The number of anilines is 2. The van der Waals surface area contributed by atoms with Crippen LogP contribution >= 0.6 is 11.6 Å². The van der Waals surface area contributed by atoms with Crippen LogP contribution in [0.3, 0.4) is 0 Å². The molecule has 1 aliphatic heterocycles. The monoisotopic (exact) mass is 269 g/mol. The molecule has 0 spiro atoms. The second-order valence-electron chi connectivity index (χ2n) is 4.66. The number of benzene rings is 1. The lowest BCUT2D eigenvalue weighted by Gasteiger charge is -2.24. The van der Waals surface area contributed by atoms with E-state index in [0.717, 1.165) is 12.1 Å². The summed E-state index contributed by atoms with van der Waals surface area (Å²) in [5.41, 5.74) is 2.87. The van der Waals surface area contributed by atoms with Crippen LogP contribution in [0.2, 0.25) is 5.02 Å². The summed E-state index contributed by atoms with van der Waals surface area (Å²) in [7, 11) is 0. The second-order valence-corrected chi connectivity index (χ2v) is 5.04. The molecule has 0 amide bonds. The molecule has 0 saturated carbocycles.